The number of H-pyrrole nitrogens is 1. The molecular formula is C15H17ClN4O2. The van der Waals surface area contributed by atoms with E-state index < -0.39 is 16.9 Å². The Morgan fingerprint density at radius 2 is 1.82 bits per heavy atom. The maximum absolute atomic E-state index is 12.1. The van der Waals surface area contributed by atoms with Gasteiger partial charge in [0.05, 0.1) is 6.04 Å². The molecule has 0 bridgehead atoms. The predicted octanol–water partition coefficient (Wildman–Crippen LogP) is 1.61. The molecule has 0 spiro atoms. The lowest BCUT2D eigenvalue weighted by Crippen LogP contribution is -2.39. The average molecular weight is 321 g/mol. The van der Waals surface area contributed by atoms with Gasteiger partial charge >= 0.3 is 5.69 Å². The van der Waals surface area contributed by atoms with E-state index in [0.29, 0.717) is 11.5 Å². The van der Waals surface area contributed by atoms with E-state index in [-0.39, 0.29) is 6.04 Å². The van der Waals surface area contributed by atoms with Crippen LogP contribution in [0.5, 0.6) is 0 Å². The first-order chi connectivity index (χ1) is 10.4. The number of aromatic nitrogens is 2. The van der Waals surface area contributed by atoms with Crippen molar-refractivity contribution in [2.45, 2.75) is 18.6 Å². The van der Waals surface area contributed by atoms with Gasteiger partial charge in [-0.15, -0.1) is 0 Å². The van der Waals surface area contributed by atoms with Gasteiger partial charge in [-0.25, -0.2) is 4.79 Å². The van der Waals surface area contributed by atoms with Gasteiger partial charge in [-0.3, -0.25) is 14.3 Å². The summed E-state index contributed by atoms with van der Waals surface area (Å²) in [4.78, 5) is 30.0. The summed E-state index contributed by atoms with van der Waals surface area (Å²) in [6.45, 7) is 2.00. The predicted molar refractivity (Wildman–Crippen MR) is 87.7 cm³/mol. The van der Waals surface area contributed by atoms with Crippen molar-refractivity contribution in [3.05, 3.63) is 56.7 Å². The van der Waals surface area contributed by atoms with Crippen LogP contribution in [0.25, 0.3) is 0 Å². The number of nitrogens with zero attached hydrogens (tertiary/aromatic N) is 3. The van der Waals surface area contributed by atoms with E-state index in [4.69, 9.17) is 11.6 Å². The van der Waals surface area contributed by atoms with Gasteiger partial charge in [-0.05, 0) is 12.5 Å². The minimum absolute atomic E-state index is 0.0835. The van der Waals surface area contributed by atoms with Crippen LogP contribution in [-0.2, 0) is 7.05 Å². The molecule has 1 aliphatic heterocycles. The molecule has 0 aliphatic carbocycles. The highest BCUT2D eigenvalue weighted by Gasteiger charge is 2.39. The first kappa shape index (κ1) is 14.7. The molecule has 116 valence electrons. The molecule has 22 heavy (non-hydrogen) atoms. The first-order valence-electron chi connectivity index (χ1n) is 6.97. The Balaban J connectivity index is 2.20. The number of halogens is 1. The number of anilines is 2. The van der Waals surface area contributed by atoms with E-state index in [0.717, 1.165) is 5.56 Å². The normalized spacial score (nSPS) is 18.5. The molecule has 0 amide bonds. The Labute approximate surface area is 132 Å². The average Bonchev–Trinajstić information content (AvgIpc) is 2.78. The molecule has 2 heterocycles. The van der Waals surface area contributed by atoms with Crippen LogP contribution in [0.3, 0.4) is 0 Å². The fraction of sp³-hybridized carbons (Fsp3) is 0.333. The Morgan fingerprint density at radius 3 is 2.45 bits per heavy atom. The van der Waals surface area contributed by atoms with Crippen LogP contribution in [0, 0.1) is 0 Å². The van der Waals surface area contributed by atoms with Gasteiger partial charge < -0.3 is 9.80 Å². The minimum Gasteiger partial charge on any atom is -0.334 e. The molecular weight excluding hydrogens is 304 g/mol. The number of hydrogen-bond donors (Lipinski definition) is 1. The van der Waals surface area contributed by atoms with Crippen LogP contribution in [0.1, 0.15) is 18.5 Å². The van der Waals surface area contributed by atoms with Gasteiger partial charge in [-0.1, -0.05) is 41.9 Å². The summed E-state index contributed by atoms with van der Waals surface area (Å²) in [5.41, 5.74) is 0.0495. The fourth-order valence-electron chi connectivity index (χ4n) is 2.86. The van der Waals surface area contributed by atoms with E-state index in [9.17, 15) is 9.59 Å². The van der Waals surface area contributed by atoms with E-state index in [1.807, 2.05) is 42.2 Å². The summed E-state index contributed by atoms with van der Waals surface area (Å²) >= 11 is 6.52. The van der Waals surface area contributed by atoms with Gasteiger partial charge in [0, 0.05) is 14.1 Å². The summed E-state index contributed by atoms with van der Waals surface area (Å²) in [6, 6.07) is 9.76. The van der Waals surface area contributed by atoms with Gasteiger partial charge in [-0.2, -0.15) is 0 Å². The quantitative estimate of drug-likeness (QED) is 0.674. The van der Waals surface area contributed by atoms with Crippen molar-refractivity contribution in [2.24, 2.45) is 7.05 Å². The van der Waals surface area contributed by atoms with E-state index in [2.05, 4.69) is 4.98 Å². The van der Waals surface area contributed by atoms with Crippen LogP contribution in [0.15, 0.2) is 39.9 Å². The lowest BCUT2D eigenvalue weighted by molar-refractivity contribution is 0.632. The lowest BCUT2D eigenvalue weighted by Gasteiger charge is -2.31. The molecule has 0 saturated carbocycles. The summed E-state index contributed by atoms with van der Waals surface area (Å²) in [5.74, 6) is 0.535. The van der Waals surface area contributed by atoms with Crippen LogP contribution >= 0.6 is 11.6 Å². The second kappa shape index (κ2) is 5.21. The molecule has 0 fully saturated rings. The third-order valence-corrected chi connectivity index (χ3v) is 4.62. The zero-order valence-electron chi connectivity index (χ0n) is 12.6. The number of hydrogen-bond acceptors (Lipinski definition) is 4. The van der Waals surface area contributed by atoms with Crippen molar-refractivity contribution >= 4 is 23.1 Å². The van der Waals surface area contributed by atoms with Crippen molar-refractivity contribution in [3.63, 3.8) is 0 Å². The molecule has 1 aromatic heterocycles. The standard InChI is InChI=1S/C15H17ClN4O2/c1-9(10-7-5-4-6-8-10)20-13-11(18(2)14(20)16)12(21)17-15(22)19(13)3/h4-9,14H,1-3H3,(H,17,21,22). The number of fused-ring (bicyclic) bond motifs is 1. The van der Waals surface area contributed by atoms with Crippen molar-refractivity contribution in [3.8, 4) is 0 Å². The fourth-order valence-corrected chi connectivity index (χ4v) is 3.22. The zero-order chi connectivity index (χ0) is 16.0. The van der Waals surface area contributed by atoms with Crippen molar-refractivity contribution in [2.75, 3.05) is 16.8 Å². The Morgan fingerprint density at radius 1 is 1.18 bits per heavy atom. The first-order valence-corrected chi connectivity index (χ1v) is 7.40. The molecule has 2 unspecified atom stereocenters. The molecule has 3 rings (SSSR count). The third-order valence-electron chi connectivity index (χ3n) is 4.12. The topological polar surface area (TPSA) is 61.3 Å². The molecule has 7 heteroatoms. The highest BCUT2D eigenvalue weighted by molar-refractivity contribution is 6.24. The molecule has 2 atom stereocenters. The van der Waals surface area contributed by atoms with Crippen molar-refractivity contribution in [1.29, 1.82) is 0 Å². The molecule has 6 nitrogen and oxygen atoms in total. The van der Waals surface area contributed by atoms with Crippen LogP contribution in [0.4, 0.5) is 11.5 Å². The molecule has 1 aliphatic rings. The largest absolute Gasteiger partial charge is 0.334 e. The van der Waals surface area contributed by atoms with Gasteiger partial charge in [0.15, 0.2) is 5.62 Å². The van der Waals surface area contributed by atoms with E-state index >= 15 is 0 Å². The van der Waals surface area contributed by atoms with Crippen LogP contribution in [0.2, 0.25) is 0 Å². The SMILES string of the molecule is CC(c1ccccc1)N1c2c(c(=O)[nH]c(=O)n2C)N(C)C1Cl. The maximum atomic E-state index is 12.1. The molecule has 1 N–H and O–H groups in total. The maximum Gasteiger partial charge on any atom is 0.329 e. The summed E-state index contributed by atoms with van der Waals surface area (Å²) < 4.78 is 1.43. The summed E-state index contributed by atoms with van der Waals surface area (Å²) in [6.07, 6.45) is 0. The van der Waals surface area contributed by atoms with Crippen molar-refractivity contribution < 1.29 is 0 Å². The number of nitrogens with one attached hydrogen (secondary N) is 1. The second-order valence-electron chi connectivity index (χ2n) is 5.41. The number of benzene rings is 1. The van der Waals surface area contributed by atoms with E-state index in [1.54, 1.807) is 19.0 Å². The van der Waals surface area contributed by atoms with Gasteiger partial charge in [0.25, 0.3) is 5.56 Å². The van der Waals surface area contributed by atoms with Crippen LogP contribution < -0.4 is 21.0 Å². The zero-order valence-corrected chi connectivity index (χ0v) is 13.3. The number of aromatic amines is 1. The van der Waals surface area contributed by atoms with Gasteiger partial charge in [0.2, 0.25) is 0 Å². The summed E-state index contributed by atoms with van der Waals surface area (Å²) in [7, 11) is 3.37. The molecule has 0 radical (unpaired) electrons. The highest BCUT2D eigenvalue weighted by Crippen LogP contribution is 2.41. The Hall–Kier alpha value is -2.21. The summed E-state index contributed by atoms with van der Waals surface area (Å²) in [5, 5.41) is 0. The Kier molecular flexibility index (Phi) is 3.48. The Bertz CT molecular complexity index is 815. The van der Waals surface area contributed by atoms with E-state index in [1.165, 1.54) is 4.57 Å². The van der Waals surface area contributed by atoms with Crippen LogP contribution in [-0.4, -0.2) is 22.2 Å². The molecule has 1 aromatic carbocycles. The monoisotopic (exact) mass is 320 g/mol. The minimum atomic E-state index is -0.542. The number of rotatable bonds is 2. The number of alkyl halides is 1. The van der Waals surface area contributed by atoms with Gasteiger partial charge in [0.1, 0.15) is 11.5 Å². The second-order valence-corrected chi connectivity index (χ2v) is 5.80. The highest BCUT2D eigenvalue weighted by atomic mass is 35.5. The smallest absolute Gasteiger partial charge is 0.329 e. The van der Waals surface area contributed by atoms with Crippen molar-refractivity contribution in [1.82, 2.24) is 9.55 Å². The molecule has 2 aromatic rings. The third kappa shape index (κ3) is 2.02. The lowest BCUT2D eigenvalue weighted by atomic mass is 10.1. The molecule has 0 saturated heterocycles.